The Morgan fingerprint density at radius 1 is 1.19 bits per heavy atom. The minimum atomic E-state index is -0.127. The number of ketones is 1. The van der Waals surface area contributed by atoms with Gasteiger partial charge < -0.3 is 4.74 Å². The Labute approximate surface area is 97.6 Å². The second kappa shape index (κ2) is 5.26. The summed E-state index contributed by atoms with van der Waals surface area (Å²) in [6.07, 6.45) is 0.553. The molecule has 0 aliphatic carbocycles. The molecule has 0 aliphatic rings. The molecular weight excluding hydrogens is 200 g/mol. The molecule has 2 nitrogen and oxygen atoms in total. The van der Waals surface area contributed by atoms with E-state index >= 15 is 0 Å². The smallest absolute Gasteiger partial charge is 0.162 e. The predicted molar refractivity (Wildman–Crippen MR) is 65.6 cm³/mol. The number of hydrogen-bond donors (Lipinski definition) is 0. The summed E-state index contributed by atoms with van der Waals surface area (Å²) in [5.74, 6) is 0.184. The van der Waals surface area contributed by atoms with Crippen LogP contribution in [0.25, 0.3) is 0 Å². The summed E-state index contributed by atoms with van der Waals surface area (Å²) < 4.78 is 5.66. The fraction of sp³-hybridized carbons (Fsp3) is 0.500. The van der Waals surface area contributed by atoms with Gasteiger partial charge in [0.15, 0.2) is 5.78 Å². The number of carbonyl (C=O) groups excluding carboxylic acids is 1. The Morgan fingerprint density at radius 3 is 2.19 bits per heavy atom. The van der Waals surface area contributed by atoms with Crippen molar-refractivity contribution in [2.75, 3.05) is 0 Å². The molecule has 0 atom stereocenters. The van der Waals surface area contributed by atoms with Gasteiger partial charge in [-0.1, -0.05) is 31.2 Å². The van der Waals surface area contributed by atoms with E-state index < -0.39 is 0 Å². The third kappa shape index (κ3) is 4.15. The van der Waals surface area contributed by atoms with E-state index in [9.17, 15) is 4.79 Å². The number of rotatable bonds is 4. The fourth-order valence-corrected chi connectivity index (χ4v) is 1.29. The quantitative estimate of drug-likeness (QED) is 0.725. The van der Waals surface area contributed by atoms with E-state index in [1.807, 2.05) is 52.0 Å². The summed E-state index contributed by atoms with van der Waals surface area (Å²) in [5, 5.41) is 0. The van der Waals surface area contributed by atoms with Gasteiger partial charge in [-0.3, -0.25) is 4.79 Å². The predicted octanol–water partition coefficient (Wildman–Crippen LogP) is 3.59. The van der Waals surface area contributed by atoms with E-state index in [1.54, 1.807) is 0 Å². The second-order valence-electron chi connectivity index (χ2n) is 4.87. The number of benzene rings is 1. The molecule has 0 radical (unpaired) electrons. The summed E-state index contributed by atoms with van der Waals surface area (Å²) in [7, 11) is 0. The molecular formula is C14H20O2. The minimum absolute atomic E-state index is 0.127. The van der Waals surface area contributed by atoms with Crippen molar-refractivity contribution in [2.45, 2.75) is 46.3 Å². The van der Waals surface area contributed by atoms with Crippen molar-refractivity contribution in [2.24, 2.45) is 0 Å². The number of hydrogen-bond acceptors (Lipinski definition) is 2. The molecule has 0 N–H and O–H groups in total. The van der Waals surface area contributed by atoms with Crippen LogP contribution in [-0.4, -0.2) is 11.4 Å². The summed E-state index contributed by atoms with van der Waals surface area (Å²) in [6, 6.07) is 7.64. The maximum absolute atomic E-state index is 11.4. The standard InChI is InChI=1S/C14H20O2/c1-5-13(15)12-8-6-11(7-9-12)10-16-14(2,3)4/h6-9H,5,10H2,1-4H3. The molecule has 0 amide bonds. The zero-order valence-electron chi connectivity index (χ0n) is 10.5. The van der Waals surface area contributed by atoms with Crippen molar-refractivity contribution in [1.29, 1.82) is 0 Å². The van der Waals surface area contributed by atoms with Crippen LogP contribution in [0.5, 0.6) is 0 Å². The van der Waals surface area contributed by atoms with E-state index in [0.717, 1.165) is 11.1 Å². The Bertz CT molecular complexity index is 344. The van der Waals surface area contributed by atoms with E-state index in [2.05, 4.69) is 0 Å². The monoisotopic (exact) mass is 220 g/mol. The van der Waals surface area contributed by atoms with Crippen molar-refractivity contribution in [3.05, 3.63) is 35.4 Å². The van der Waals surface area contributed by atoms with Crippen molar-refractivity contribution in [1.82, 2.24) is 0 Å². The summed E-state index contributed by atoms with van der Waals surface area (Å²) in [6.45, 7) is 8.55. The normalized spacial score (nSPS) is 11.5. The third-order valence-corrected chi connectivity index (χ3v) is 2.27. The Balaban J connectivity index is 2.62. The molecule has 88 valence electrons. The molecule has 0 aliphatic heterocycles. The average molecular weight is 220 g/mol. The second-order valence-corrected chi connectivity index (χ2v) is 4.87. The molecule has 0 aromatic heterocycles. The molecule has 2 heteroatoms. The molecule has 16 heavy (non-hydrogen) atoms. The van der Waals surface area contributed by atoms with Crippen molar-refractivity contribution >= 4 is 5.78 Å². The van der Waals surface area contributed by atoms with E-state index in [4.69, 9.17) is 4.74 Å². The molecule has 0 heterocycles. The Kier molecular flexibility index (Phi) is 4.25. The molecule has 0 saturated carbocycles. The largest absolute Gasteiger partial charge is 0.371 e. The third-order valence-electron chi connectivity index (χ3n) is 2.27. The molecule has 1 aromatic rings. The summed E-state index contributed by atoms with van der Waals surface area (Å²) >= 11 is 0. The topological polar surface area (TPSA) is 26.3 Å². The average Bonchev–Trinajstić information content (AvgIpc) is 2.25. The van der Waals surface area contributed by atoms with Gasteiger partial charge in [-0.2, -0.15) is 0 Å². The summed E-state index contributed by atoms with van der Waals surface area (Å²) in [4.78, 5) is 11.4. The van der Waals surface area contributed by atoms with Crippen LogP contribution >= 0.6 is 0 Å². The Morgan fingerprint density at radius 2 is 1.75 bits per heavy atom. The SMILES string of the molecule is CCC(=O)c1ccc(COC(C)(C)C)cc1. The lowest BCUT2D eigenvalue weighted by molar-refractivity contribution is -0.0149. The van der Waals surface area contributed by atoms with Gasteiger partial charge in [-0.25, -0.2) is 0 Å². The van der Waals surface area contributed by atoms with Gasteiger partial charge in [0, 0.05) is 12.0 Å². The number of ether oxygens (including phenoxy) is 1. The fourth-order valence-electron chi connectivity index (χ4n) is 1.29. The molecule has 1 rings (SSSR count). The lowest BCUT2D eigenvalue weighted by Crippen LogP contribution is -2.18. The highest BCUT2D eigenvalue weighted by Crippen LogP contribution is 2.13. The van der Waals surface area contributed by atoms with Crippen LogP contribution in [0.1, 0.15) is 50.0 Å². The van der Waals surface area contributed by atoms with Crippen LogP contribution < -0.4 is 0 Å². The van der Waals surface area contributed by atoms with Gasteiger partial charge in [-0.05, 0) is 26.3 Å². The first-order valence-corrected chi connectivity index (χ1v) is 5.68. The van der Waals surface area contributed by atoms with E-state index in [-0.39, 0.29) is 11.4 Å². The minimum Gasteiger partial charge on any atom is -0.371 e. The highest BCUT2D eigenvalue weighted by molar-refractivity contribution is 5.95. The first kappa shape index (κ1) is 12.9. The van der Waals surface area contributed by atoms with Gasteiger partial charge in [-0.15, -0.1) is 0 Å². The molecule has 0 unspecified atom stereocenters. The molecule has 0 spiro atoms. The molecule has 1 aromatic carbocycles. The molecule has 0 fully saturated rings. The van der Waals surface area contributed by atoms with Crippen molar-refractivity contribution < 1.29 is 9.53 Å². The molecule has 0 bridgehead atoms. The van der Waals surface area contributed by atoms with Crippen LogP contribution in [0, 0.1) is 0 Å². The lowest BCUT2D eigenvalue weighted by Gasteiger charge is -2.19. The van der Waals surface area contributed by atoms with Gasteiger partial charge >= 0.3 is 0 Å². The maximum Gasteiger partial charge on any atom is 0.162 e. The van der Waals surface area contributed by atoms with Crippen LogP contribution in [0.2, 0.25) is 0 Å². The zero-order valence-corrected chi connectivity index (χ0v) is 10.5. The van der Waals surface area contributed by atoms with E-state index in [1.165, 1.54) is 0 Å². The van der Waals surface area contributed by atoms with Gasteiger partial charge in [0.1, 0.15) is 0 Å². The van der Waals surface area contributed by atoms with Gasteiger partial charge in [0.2, 0.25) is 0 Å². The highest BCUT2D eigenvalue weighted by Gasteiger charge is 2.10. The number of carbonyl (C=O) groups is 1. The highest BCUT2D eigenvalue weighted by atomic mass is 16.5. The maximum atomic E-state index is 11.4. The molecule has 0 saturated heterocycles. The van der Waals surface area contributed by atoms with Crippen LogP contribution in [0.3, 0.4) is 0 Å². The first-order valence-electron chi connectivity index (χ1n) is 5.68. The lowest BCUT2D eigenvalue weighted by atomic mass is 10.1. The summed E-state index contributed by atoms with van der Waals surface area (Å²) in [5.41, 5.74) is 1.75. The van der Waals surface area contributed by atoms with Crippen LogP contribution in [0.15, 0.2) is 24.3 Å². The van der Waals surface area contributed by atoms with Crippen LogP contribution in [0.4, 0.5) is 0 Å². The van der Waals surface area contributed by atoms with Crippen molar-refractivity contribution in [3.8, 4) is 0 Å². The first-order chi connectivity index (χ1) is 7.42. The Hall–Kier alpha value is -1.15. The van der Waals surface area contributed by atoms with Crippen molar-refractivity contribution in [3.63, 3.8) is 0 Å². The van der Waals surface area contributed by atoms with Gasteiger partial charge in [0.05, 0.1) is 12.2 Å². The zero-order chi connectivity index (χ0) is 12.2. The van der Waals surface area contributed by atoms with Gasteiger partial charge in [0.25, 0.3) is 0 Å². The van der Waals surface area contributed by atoms with E-state index in [0.29, 0.717) is 13.0 Å². The number of Topliss-reactive ketones (excluding diaryl/α,β-unsaturated/α-hetero) is 1. The van der Waals surface area contributed by atoms with Crippen LogP contribution in [-0.2, 0) is 11.3 Å².